The predicted octanol–water partition coefficient (Wildman–Crippen LogP) is 2.88. The molecule has 1 amide bonds. The van der Waals surface area contributed by atoms with E-state index in [2.05, 4.69) is 41.2 Å². The van der Waals surface area contributed by atoms with Crippen molar-refractivity contribution in [2.24, 2.45) is 7.05 Å². The van der Waals surface area contributed by atoms with Crippen LogP contribution in [0.3, 0.4) is 0 Å². The fourth-order valence-corrected chi connectivity index (χ4v) is 3.16. The van der Waals surface area contributed by atoms with E-state index in [9.17, 15) is 9.90 Å². The van der Waals surface area contributed by atoms with Gasteiger partial charge >= 0.3 is 0 Å². The monoisotopic (exact) mass is 322 g/mol. The minimum absolute atomic E-state index is 0.363. The van der Waals surface area contributed by atoms with Crippen molar-refractivity contribution in [1.29, 1.82) is 0 Å². The summed E-state index contributed by atoms with van der Waals surface area (Å²) in [5.74, 6) is -0.363. The Morgan fingerprint density at radius 2 is 1.92 bits per heavy atom. The summed E-state index contributed by atoms with van der Waals surface area (Å²) in [5, 5.41) is 14.1. The Bertz CT molecular complexity index is 853. The van der Waals surface area contributed by atoms with Crippen molar-refractivity contribution < 1.29 is 9.90 Å². The third kappa shape index (κ3) is 3.19. The molecule has 0 radical (unpaired) electrons. The summed E-state index contributed by atoms with van der Waals surface area (Å²) in [6.45, 7) is 2.60. The fraction of sp³-hybridized carbons (Fsp3) is 0.250. The normalized spacial score (nSPS) is 12.3. The highest BCUT2D eigenvalue weighted by Gasteiger charge is 2.16. The van der Waals surface area contributed by atoms with Crippen molar-refractivity contribution in [2.75, 3.05) is 6.54 Å². The van der Waals surface area contributed by atoms with E-state index < -0.39 is 6.10 Å². The number of hydrogen-bond donors (Lipinski definition) is 2. The second kappa shape index (κ2) is 6.89. The fourth-order valence-electron chi connectivity index (χ4n) is 3.16. The van der Waals surface area contributed by atoms with Crippen molar-refractivity contribution in [1.82, 2.24) is 9.88 Å². The molecule has 124 valence electrons. The number of aromatic nitrogens is 1. The maximum absolute atomic E-state index is 12.1. The highest BCUT2D eigenvalue weighted by molar-refractivity contribution is 5.87. The van der Waals surface area contributed by atoms with Gasteiger partial charge in [-0.05, 0) is 30.0 Å². The molecule has 3 aromatic rings. The van der Waals surface area contributed by atoms with Gasteiger partial charge < -0.3 is 15.0 Å². The number of aryl methyl sites for hydroxylation is 2. The maximum atomic E-state index is 12.1. The van der Waals surface area contributed by atoms with E-state index in [0.29, 0.717) is 12.1 Å². The Morgan fingerprint density at radius 1 is 1.17 bits per heavy atom. The van der Waals surface area contributed by atoms with Crippen molar-refractivity contribution in [3.63, 3.8) is 0 Å². The zero-order valence-electron chi connectivity index (χ0n) is 14.0. The van der Waals surface area contributed by atoms with Crippen LogP contribution in [0.1, 0.15) is 22.8 Å². The van der Waals surface area contributed by atoms with Crippen LogP contribution in [0.2, 0.25) is 0 Å². The minimum Gasteiger partial charge on any atom is -0.378 e. The molecule has 0 unspecified atom stereocenters. The first kappa shape index (κ1) is 16.3. The number of hydrogen-bond acceptors (Lipinski definition) is 2. The van der Waals surface area contributed by atoms with Crippen LogP contribution in [0, 0.1) is 6.92 Å². The van der Waals surface area contributed by atoms with Gasteiger partial charge in [0.25, 0.3) is 5.91 Å². The molecule has 0 aliphatic carbocycles. The Kier molecular flexibility index (Phi) is 4.67. The number of carbonyl (C=O) groups excluding carboxylic acids is 1. The van der Waals surface area contributed by atoms with E-state index in [1.54, 1.807) is 12.1 Å². The van der Waals surface area contributed by atoms with Gasteiger partial charge in [0.05, 0.1) is 5.52 Å². The number of para-hydroxylation sites is 1. The molecule has 4 nitrogen and oxygen atoms in total. The average Bonchev–Trinajstić information content (AvgIpc) is 2.92. The van der Waals surface area contributed by atoms with Crippen molar-refractivity contribution >= 4 is 16.8 Å². The van der Waals surface area contributed by atoms with Crippen molar-refractivity contribution in [3.8, 4) is 0 Å². The van der Waals surface area contributed by atoms with Gasteiger partial charge in [-0.25, -0.2) is 0 Å². The second-order valence-corrected chi connectivity index (χ2v) is 6.09. The zero-order chi connectivity index (χ0) is 17.1. The highest BCUT2D eigenvalue weighted by atomic mass is 16.3. The molecule has 0 spiro atoms. The molecule has 0 saturated heterocycles. The van der Waals surface area contributed by atoms with Crippen LogP contribution in [0.5, 0.6) is 0 Å². The third-order valence-corrected chi connectivity index (χ3v) is 4.34. The second-order valence-electron chi connectivity index (χ2n) is 6.09. The molecular weight excluding hydrogens is 300 g/mol. The smallest absolute Gasteiger partial charge is 0.253 e. The highest BCUT2D eigenvalue weighted by Crippen LogP contribution is 2.23. The minimum atomic E-state index is -1.12. The Morgan fingerprint density at radius 3 is 2.67 bits per heavy atom. The molecule has 4 heteroatoms. The van der Waals surface area contributed by atoms with Crippen molar-refractivity contribution in [3.05, 3.63) is 71.4 Å². The van der Waals surface area contributed by atoms with Gasteiger partial charge in [0.2, 0.25) is 0 Å². The SMILES string of the molecule is Cc1cccc2c(CCNC(=O)[C@@H](O)c3ccccc3)cn(C)c12. The molecule has 1 aromatic heterocycles. The standard InChI is InChI=1S/C20H22N2O2/c1-14-7-6-10-17-16(13-22(2)18(14)17)11-12-21-20(24)19(23)15-8-4-3-5-9-15/h3-10,13,19,23H,11-12H2,1-2H3,(H,21,24)/t19-/m0/s1. The lowest BCUT2D eigenvalue weighted by atomic mass is 10.1. The molecule has 1 atom stereocenters. The zero-order valence-corrected chi connectivity index (χ0v) is 14.0. The van der Waals surface area contributed by atoms with E-state index in [-0.39, 0.29) is 5.91 Å². The van der Waals surface area contributed by atoms with Crippen LogP contribution in [0.15, 0.2) is 54.7 Å². The first-order valence-corrected chi connectivity index (χ1v) is 8.12. The van der Waals surface area contributed by atoms with Crippen LogP contribution < -0.4 is 5.32 Å². The third-order valence-electron chi connectivity index (χ3n) is 4.34. The van der Waals surface area contributed by atoms with Gasteiger partial charge in [-0.3, -0.25) is 4.79 Å². The number of nitrogens with one attached hydrogen (secondary N) is 1. The topological polar surface area (TPSA) is 54.3 Å². The molecule has 2 aromatic carbocycles. The van der Waals surface area contributed by atoms with Crippen LogP contribution in [0.25, 0.3) is 10.9 Å². The molecule has 1 heterocycles. The molecule has 24 heavy (non-hydrogen) atoms. The van der Waals surface area contributed by atoms with E-state index in [1.807, 2.05) is 25.2 Å². The number of aliphatic hydroxyl groups is 1. The number of carbonyl (C=O) groups is 1. The van der Waals surface area contributed by atoms with Gasteiger partial charge in [0.1, 0.15) is 0 Å². The van der Waals surface area contributed by atoms with Crippen LogP contribution in [-0.2, 0) is 18.3 Å². The molecule has 0 aliphatic rings. The van der Waals surface area contributed by atoms with Crippen LogP contribution in [-0.4, -0.2) is 22.1 Å². The Hall–Kier alpha value is -2.59. The number of fused-ring (bicyclic) bond motifs is 1. The maximum Gasteiger partial charge on any atom is 0.253 e. The largest absolute Gasteiger partial charge is 0.378 e. The lowest BCUT2D eigenvalue weighted by Crippen LogP contribution is -2.30. The molecule has 0 bridgehead atoms. The first-order chi connectivity index (χ1) is 11.6. The number of amides is 1. The van der Waals surface area contributed by atoms with Crippen molar-refractivity contribution in [2.45, 2.75) is 19.4 Å². The summed E-state index contributed by atoms with van der Waals surface area (Å²) in [6.07, 6.45) is 1.71. The number of nitrogens with zero attached hydrogens (tertiary/aromatic N) is 1. The molecule has 0 aliphatic heterocycles. The summed E-state index contributed by atoms with van der Waals surface area (Å²) in [7, 11) is 2.04. The predicted molar refractivity (Wildman–Crippen MR) is 95.8 cm³/mol. The van der Waals surface area contributed by atoms with Gasteiger partial charge in [-0.15, -0.1) is 0 Å². The van der Waals surface area contributed by atoms with E-state index in [1.165, 1.54) is 22.0 Å². The van der Waals surface area contributed by atoms with Gasteiger partial charge in [-0.2, -0.15) is 0 Å². The van der Waals surface area contributed by atoms with Gasteiger partial charge in [0.15, 0.2) is 6.10 Å². The molecule has 3 rings (SSSR count). The van der Waals surface area contributed by atoms with Gasteiger partial charge in [-0.1, -0.05) is 48.5 Å². The number of aliphatic hydroxyl groups excluding tert-OH is 1. The Balaban J connectivity index is 1.65. The average molecular weight is 322 g/mol. The quantitative estimate of drug-likeness (QED) is 0.759. The van der Waals surface area contributed by atoms with E-state index >= 15 is 0 Å². The molecule has 0 fully saturated rings. The number of benzene rings is 2. The summed E-state index contributed by atoms with van der Waals surface area (Å²) in [5.41, 5.74) is 4.27. The van der Waals surface area contributed by atoms with E-state index in [0.717, 1.165) is 6.42 Å². The molecular formula is C20H22N2O2. The van der Waals surface area contributed by atoms with Crippen LogP contribution >= 0.6 is 0 Å². The van der Waals surface area contributed by atoms with Crippen LogP contribution in [0.4, 0.5) is 0 Å². The number of rotatable bonds is 5. The lowest BCUT2D eigenvalue weighted by molar-refractivity contribution is -0.129. The Labute approximate surface area is 141 Å². The summed E-state index contributed by atoms with van der Waals surface area (Å²) >= 11 is 0. The van der Waals surface area contributed by atoms with E-state index in [4.69, 9.17) is 0 Å². The summed E-state index contributed by atoms with van der Waals surface area (Å²) < 4.78 is 2.13. The van der Waals surface area contributed by atoms with Gasteiger partial charge in [0, 0.05) is 25.2 Å². The molecule has 2 N–H and O–H groups in total. The summed E-state index contributed by atoms with van der Waals surface area (Å²) in [6, 6.07) is 15.2. The molecule has 0 saturated carbocycles. The lowest BCUT2D eigenvalue weighted by Gasteiger charge is -2.11. The summed E-state index contributed by atoms with van der Waals surface area (Å²) in [4.78, 5) is 12.1. The first-order valence-electron chi connectivity index (χ1n) is 8.12.